The normalized spacial score (nSPS) is 13.3. The summed E-state index contributed by atoms with van der Waals surface area (Å²) in [7, 11) is 0. The van der Waals surface area contributed by atoms with Crippen LogP contribution in [-0.2, 0) is 12.8 Å². The molecule has 3 N–H and O–H groups in total. The Morgan fingerprint density at radius 2 is 1.89 bits per heavy atom. The summed E-state index contributed by atoms with van der Waals surface area (Å²) in [5, 5.41) is 9.90. The van der Waals surface area contributed by atoms with Gasteiger partial charge in [-0.3, -0.25) is 0 Å². The van der Waals surface area contributed by atoms with Gasteiger partial charge in [0.05, 0.1) is 0 Å². The number of rotatable bonds is 2. The molecule has 3 rings (SSSR count). The number of fused-ring (bicyclic) bond motifs is 1. The van der Waals surface area contributed by atoms with E-state index in [1.807, 2.05) is 24.3 Å². The van der Waals surface area contributed by atoms with Crippen molar-refractivity contribution < 1.29 is 5.11 Å². The monoisotopic (exact) mass is 269 g/mol. The molecule has 2 nitrogen and oxygen atoms in total. The molecular formula is C16H15NOS. The van der Waals surface area contributed by atoms with Crippen LogP contribution in [0.15, 0.2) is 36.4 Å². The highest BCUT2D eigenvalue weighted by molar-refractivity contribution is 7.80. The minimum Gasteiger partial charge on any atom is -0.508 e. The van der Waals surface area contributed by atoms with Crippen molar-refractivity contribution in [2.24, 2.45) is 5.73 Å². The van der Waals surface area contributed by atoms with Gasteiger partial charge >= 0.3 is 0 Å². The molecule has 0 aromatic heterocycles. The van der Waals surface area contributed by atoms with Crippen LogP contribution in [0.3, 0.4) is 0 Å². The summed E-state index contributed by atoms with van der Waals surface area (Å²) in [4.78, 5) is 0.414. The standard InChI is InChI=1S/C16H15NOS/c17-16(19)11-4-1-3-10(9-11)12-7-8-15(18)14-6-2-5-13(12)14/h1,3-4,7-9,18H,2,5-6H2,(H2,17,19). The summed E-state index contributed by atoms with van der Waals surface area (Å²) in [6.07, 6.45) is 3.09. The summed E-state index contributed by atoms with van der Waals surface area (Å²) < 4.78 is 0. The Kier molecular flexibility index (Phi) is 2.99. The number of nitrogens with two attached hydrogens (primary N) is 1. The number of thiocarbonyl (C=S) groups is 1. The maximum Gasteiger partial charge on any atom is 0.119 e. The van der Waals surface area contributed by atoms with Gasteiger partial charge < -0.3 is 10.8 Å². The van der Waals surface area contributed by atoms with Crippen LogP contribution in [0.5, 0.6) is 5.75 Å². The van der Waals surface area contributed by atoms with Gasteiger partial charge in [0.25, 0.3) is 0 Å². The van der Waals surface area contributed by atoms with Crippen molar-refractivity contribution in [3.05, 3.63) is 53.1 Å². The maximum atomic E-state index is 9.90. The topological polar surface area (TPSA) is 46.2 Å². The summed E-state index contributed by atoms with van der Waals surface area (Å²) in [6, 6.07) is 11.7. The van der Waals surface area contributed by atoms with Crippen LogP contribution in [0.2, 0.25) is 0 Å². The van der Waals surface area contributed by atoms with E-state index in [2.05, 4.69) is 6.07 Å². The Bertz CT molecular complexity index is 664. The van der Waals surface area contributed by atoms with E-state index in [0.29, 0.717) is 10.7 Å². The molecule has 0 aliphatic heterocycles. The van der Waals surface area contributed by atoms with E-state index in [9.17, 15) is 5.11 Å². The van der Waals surface area contributed by atoms with Crippen LogP contribution in [0.1, 0.15) is 23.1 Å². The first kappa shape index (κ1) is 12.2. The molecule has 2 aromatic carbocycles. The smallest absolute Gasteiger partial charge is 0.119 e. The summed E-state index contributed by atoms with van der Waals surface area (Å²) in [5.41, 5.74) is 11.2. The first-order valence-corrected chi connectivity index (χ1v) is 6.81. The van der Waals surface area contributed by atoms with Crippen molar-refractivity contribution >= 4 is 17.2 Å². The SMILES string of the molecule is NC(=S)c1cccc(-c2ccc(O)c3c2CCC3)c1. The fourth-order valence-electron chi connectivity index (χ4n) is 2.80. The van der Waals surface area contributed by atoms with Gasteiger partial charge in [0.1, 0.15) is 10.7 Å². The molecular weight excluding hydrogens is 254 g/mol. The lowest BCUT2D eigenvalue weighted by molar-refractivity contribution is 0.469. The van der Waals surface area contributed by atoms with Gasteiger partial charge in [-0.05, 0) is 53.6 Å². The molecule has 0 radical (unpaired) electrons. The molecule has 96 valence electrons. The van der Waals surface area contributed by atoms with Gasteiger partial charge in [0.2, 0.25) is 0 Å². The second-order valence-corrected chi connectivity index (χ2v) is 5.33. The van der Waals surface area contributed by atoms with Gasteiger partial charge in [0, 0.05) is 5.56 Å². The molecule has 0 fully saturated rings. The highest BCUT2D eigenvalue weighted by atomic mass is 32.1. The van der Waals surface area contributed by atoms with Crippen LogP contribution < -0.4 is 5.73 Å². The average molecular weight is 269 g/mol. The molecule has 0 amide bonds. The van der Waals surface area contributed by atoms with E-state index < -0.39 is 0 Å². The van der Waals surface area contributed by atoms with Crippen molar-refractivity contribution in [1.82, 2.24) is 0 Å². The van der Waals surface area contributed by atoms with Crippen molar-refractivity contribution in [1.29, 1.82) is 0 Å². The van der Waals surface area contributed by atoms with E-state index in [1.54, 1.807) is 6.07 Å². The number of benzene rings is 2. The zero-order valence-corrected chi connectivity index (χ0v) is 11.3. The summed E-state index contributed by atoms with van der Waals surface area (Å²) in [5.74, 6) is 0.418. The zero-order chi connectivity index (χ0) is 13.4. The molecule has 0 unspecified atom stereocenters. The lowest BCUT2D eigenvalue weighted by Gasteiger charge is -2.11. The average Bonchev–Trinajstić information content (AvgIpc) is 2.89. The van der Waals surface area contributed by atoms with Crippen LogP contribution in [-0.4, -0.2) is 10.1 Å². The van der Waals surface area contributed by atoms with Gasteiger partial charge in [-0.15, -0.1) is 0 Å². The van der Waals surface area contributed by atoms with E-state index in [-0.39, 0.29) is 0 Å². The number of hydrogen-bond acceptors (Lipinski definition) is 2. The van der Waals surface area contributed by atoms with Crippen molar-refractivity contribution in [3.63, 3.8) is 0 Å². The summed E-state index contributed by atoms with van der Waals surface area (Å²) in [6.45, 7) is 0. The van der Waals surface area contributed by atoms with Gasteiger partial charge in [0.15, 0.2) is 0 Å². The largest absolute Gasteiger partial charge is 0.508 e. The van der Waals surface area contributed by atoms with Crippen molar-refractivity contribution in [2.75, 3.05) is 0 Å². The molecule has 0 heterocycles. The lowest BCUT2D eigenvalue weighted by atomic mass is 9.95. The number of aromatic hydroxyl groups is 1. The predicted molar refractivity (Wildman–Crippen MR) is 81.5 cm³/mol. The quantitative estimate of drug-likeness (QED) is 0.823. The van der Waals surface area contributed by atoms with Gasteiger partial charge in [-0.25, -0.2) is 0 Å². The highest BCUT2D eigenvalue weighted by Crippen LogP contribution is 2.37. The van der Waals surface area contributed by atoms with E-state index >= 15 is 0 Å². The van der Waals surface area contributed by atoms with Crippen LogP contribution >= 0.6 is 12.2 Å². The second-order valence-electron chi connectivity index (χ2n) is 4.89. The fourth-order valence-corrected chi connectivity index (χ4v) is 2.92. The third-order valence-electron chi connectivity index (χ3n) is 3.72. The third-order valence-corrected chi connectivity index (χ3v) is 3.95. The Balaban J connectivity index is 2.15. The molecule has 1 aliphatic carbocycles. The maximum absolute atomic E-state index is 9.90. The van der Waals surface area contributed by atoms with Crippen LogP contribution in [0, 0.1) is 0 Å². The minimum atomic E-state index is 0.414. The Labute approximate surface area is 117 Å². The predicted octanol–water partition coefficient (Wildman–Crippen LogP) is 3.18. The van der Waals surface area contributed by atoms with Crippen LogP contribution in [0.4, 0.5) is 0 Å². The lowest BCUT2D eigenvalue weighted by Crippen LogP contribution is -2.09. The molecule has 19 heavy (non-hydrogen) atoms. The fraction of sp³-hybridized carbons (Fsp3) is 0.188. The zero-order valence-electron chi connectivity index (χ0n) is 10.5. The Morgan fingerprint density at radius 3 is 2.68 bits per heavy atom. The van der Waals surface area contributed by atoms with E-state index in [1.165, 1.54) is 11.1 Å². The molecule has 0 saturated carbocycles. The van der Waals surface area contributed by atoms with E-state index in [4.69, 9.17) is 18.0 Å². The first-order chi connectivity index (χ1) is 9.16. The van der Waals surface area contributed by atoms with Gasteiger partial charge in [-0.2, -0.15) is 0 Å². The second kappa shape index (κ2) is 4.67. The number of phenolic OH excluding ortho intramolecular Hbond substituents is 1. The molecule has 0 bridgehead atoms. The van der Waals surface area contributed by atoms with E-state index in [0.717, 1.165) is 36.0 Å². The summed E-state index contributed by atoms with van der Waals surface area (Å²) >= 11 is 5.03. The first-order valence-electron chi connectivity index (χ1n) is 6.41. The highest BCUT2D eigenvalue weighted by Gasteiger charge is 2.19. The number of phenols is 1. The molecule has 1 aliphatic rings. The molecule has 0 spiro atoms. The Hall–Kier alpha value is -1.87. The molecule has 0 saturated heterocycles. The Morgan fingerprint density at radius 1 is 1.11 bits per heavy atom. The molecule has 2 aromatic rings. The van der Waals surface area contributed by atoms with Gasteiger partial charge in [-0.1, -0.05) is 36.5 Å². The molecule has 0 atom stereocenters. The van der Waals surface area contributed by atoms with Crippen molar-refractivity contribution in [3.8, 4) is 16.9 Å². The van der Waals surface area contributed by atoms with Crippen molar-refractivity contribution in [2.45, 2.75) is 19.3 Å². The van der Waals surface area contributed by atoms with Crippen LogP contribution in [0.25, 0.3) is 11.1 Å². The molecule has 3 heteroatoms. The minimum absolute atomic E-state index is 0.414. The third kappa shape index (κ3) is 2.10. The number of hydrogen-bond donors (Lipinski definition) is 2.